The SMILES string of the molecule is Cc1cc(C(=O)N(Cc2cc(-c3ccc4ncnc(NC(C)(C)C)c4c3)ccc2F)C2CC2)n(C)n1. The normalized spacial score (nSPS) is 13.7. The molecule has 186 valence electrons. The second-order valence-electron chi connectivity index (χ2n) is 10.6. The topological polar surface area (TPSA) is 75.9 Å². The van der Waals surface area contributed by atoms with Crippen molar-refractivity contribution in [2.24, 2.45) is 7.05 Å². The lowest BCUT2D eigenvalue weighted by Gasteiger charge is -2.23. The van der Waals surface area contributed by atoms with Crippen molar-refractivity contribution < 1.29 is 9.18 Å². The Bertz CT molecular complexity index is 1450. The predicted molar refractivity (Wildman–Crippen MR) is 139 cm³/mol. The Hall–Kier alpha value is -3.81. The number of aromatic nitrogens is 4. The first-order chi connectivity index (χ1) is 17.1. The van der Waals surface area contributed by atoms with E-state index >= 15 is 0 Å². The third kappa shape index (κ3) is 4.94. The van der Waals surface area contributed by atoms with Crippen LogP contribution in [0.4, 0.5) is 10.2 Å². The molecule has 1 aliphatic rings. The van der Waals surface area contributed by atoms with E-state index in [2.05, 4.69) is 41.2 Å². The summed E-state index contributed by atoms with van der Waals surface area (Å²) in [6.07, 6.45) is 3.41. The third-order valence-corrected chi connectivity index (χ3v) is 6.32. The lowest BCUT2D eigenvalue weighted by atomic mass is 10.00. The summed E-state index contributed by atoms with van der Waals surface area (Å²) in [5.41, 5.74) is 4.27. The molecule has 4 aromatic rings. The molecule has 2 aromatic heterocycles. The Morgan fingerprint density at radius 1 is 1.11 bits per heavy atom. The number of nitrogens with one attached hydrogen (secondary N) is 1. The van der Waals surface area contributed by atoms with Gasteiger partial charge < -0.3 is 10.2 Å². The van der Waals surface area contributed by atoms with E-state index in [9.17, 15) is 9.18 Å². The zero-order valence-electron chi connectivity index (χ0n) is 21.3. The van der Waals surface area contributed by atoms with Crippen LogP contribution in [0.3, 0.4) is 0 Å². The monoisotopic (exact) mass is 486 g/mol. The summed E-state index contributed by atoms with van der Waals surface area (Å²) in [5.74, 6) is 0.317. The van der Waals surface area contributed by atoms with Gasteiger partial charge in [-0.2, -0.15) is 5.10 Å². The number of nitrogens with zero attached hydrogens (tertiary/aromatic N) is 5. The van der Waals surface area contributed by atoms with E-state index in [1.54, 1.807) is 35.1 Å². The number of hydrogen-bond acceptors (Lipinski definition) is 5. The maximum absolute atomic E-state index is 15.0. The zero-order valence-corrected chi connectivity index (χ0v) is 21.3. The van der Waals surface area contributed by atoms with E-state index in [4.69, 9.17) is 0 Å². The molecule has 1 fully saturated rings. The molecule has 0 spiro atoms. The summed E-state index contributed by atoms with van der Waals surface area (Å²) in [6, 6.07) is 13.0. The Balaban J connectivity index is 1.48. The minimum atomic E-state index is -0.322. The molecule has 1 aliphatic carbocycles. The third-order valence-electron chi connectivity index (χ3n) is 6.32. The molecule has 0 aliphatic heterocycles. The van der Waals surface area contributed by atoms with Crippen LogP contribution in [-0.2, 0) is 13.6 Å². The number of fused-ring (bicyclic) bond motifs is 1. The molecule has 0 bridgehead atoms. The van der Waals surface area contributed by atoms with Gasteiger partial charge in [0.15, 0.2) is 0 Å². The number of anilines is 1. The molecule has 0 saturated heterocycles. The molecule has 5 rings (SSSR count). The van der Waals surface area contributed by atoms with Crippen molar-refractivity contribution in [1.82, 2.24) is 24.6 Å². The number of benzene rings is 2. The van der Waals surface area contributed by atoms with Crippen LogP contribution in [0, 0.1) is 12.7 Å². The lowest BCUT2D eigenvalue weighted by molar-refractivity contribution is 0.0717. The van der Waals surface area contributed by atoms with Gasteiger partial charge in [-0.1, -0.05) is 12.1 Å². The van der Waals surface area contributed by atoms with Crippen molar-refractivity contribution in [3.05, 3.63) is 71.6 Å². The van der Waals surface area contributed by atoms with E-state index in [1.807, 2.05) is 31.2 Å². The molecule has 1 amide bonds. The van der Waals surface area contributed by atoms with Crippen LogP contribution < -0.4 is 5.32 Å². The number of aryl methyl sites for hydroxylation is 2. The van der Waals surface area contributed by atoms with Crippen LogP contribution in [-0.4, -0.2) is 42.1 Å². The predicted octanol–water partition coefficient (Wildman–Crippen LogP) is 5.49. The number of amides is 1. The van der Waals surface area contributed by atoms with Gasteiger partial charge in [0.1, 0.15) is 23.7 Å². The number of carbonyl (C=O) groups excluding carboxylic acids is 1. The smallest absolute Gasteiger partial charge is 0.272 e. The van der Waals surface area contributed by atoms with E-state index < -0.39 is 0 Å². The fraction of sp³-hybridized carbons (Fsp3) is 0.357. The maximum Gasteiger partial charge on any atom is 0.272 e. The molecule has 8 heteroatoms. The minimum Gasteiger partial charge on any atom is -0.365 e. The highest BCUT2D eigenvalue weighted by atomic mass is 19.1. The van der Waals surface area contributed by atoms with Crippen molar-refractivity contribution in [3.8, 4) is 11.1 Å². The fourth-order valence-corrected chi connectivity index (χ4v) is 4.46. The molecule has 0 unspecified atom stereocenters. The first-order valence-corrected chi connectivity index (χ1v) is 12.2. The van der Waals surface area contributed by atoms with Crippen LogP contribution in [0.25, 0.3) is 22.0 Å². The summed E-state index contributed by atoms with van der Waals surface area (Å²) < 4.78 is 16.6. The van der Waals surface area contributed by atoms with Crippen molar-refractivity contribution in [2.75, 3.05) is 5.32 Å². The van der Waals surface area contributed by atoms with Gasteiger partial charge in [-0.25, -0.2) is 14.4 Å². The van der Waals surface area contributed by atoms with Gasteiger partial charge in [0.05, 0.1) is 11.2 Å². The van der Waals surface area contributed by atoms with Crippen molar-refractivity contribution in [3.63, 3.8) is 0 Å². The first-order valence-electron chi connectivity index (χ1n) is 12.2. The van der Waals surface area contributed by atoms with Gasteiger partial charge in [0.2, 0.25) is 0 Å². The molecule has 0 atom stereocenters. The number of hydrogen-bond donors (Lipinski definition) is 1. The van der Waals surface area contributed by atoms with Gasteiger partial charge in [0, 0.05) is 36.1 Å². The summed E-state index contributed by atoms with van der Waals surface area (Å²) >= 11 is 0. The Morgan fingerprint density at radius 2 is 1.83 bits per heavy atom. The van der Waals surface area contributed by atoms with Crippen LogP contribution in [0.2, 0.25) is 0 Å². The standard InChI is InChI=1S/C28H31FN6O/c1-17-12-25(34(5)33-17)27(36)35(21-8-9-21)15-20-13-18(6-10-23(20)29)19-7-11-24-22(14-19)26(31-16-30-24)32-28(2,3)4/h6-7,10-14,16,21H,8-9,15H2,1-5H3,(H,30,31,32). The molecule has 2 aromatic carbocycles. The molecular weight excluding hydrogens is 455 g/mol. The van der Waals surface area contributed by atoms with Crippen LogP contribution >= 0.6 is 0 Å². The molecule has 0 radical (unpaired) electrons. The first kappa shape index (κ1) is 23.9. The highest BCUT2D eigenvalue weighted by molar-refractivity contribution is 5.94. The highest BCUT2D eigenvalue weighted by Crippen LogP contribution is 2.33. The molecule has 1 N–H and O–H groups in total. The van der Waals surface area contributed by atoms with Crippen LogP contribution in [0.5, 0.6) is 0 Å². The van der Waals surface area contributed by atoms with Gasteiger partial charge in [-0.3, -0.25) is 9.48 Å². The summed E-state index contributed by atoms with van der Waals surface area (Å²) in [7, 11) is 1.76. The van der Waals surface area contributed by atoms with Crippen molar-refractivity contribution in [2.45, 2.75) is 58.7 Å². The van der Waals surface area contributed by atoms with E-state index in [-0.39, 0.29) is 29.8 Å². The summed E-state index contributed by atoms with van der Waals surface area (Å²) in [6.45, 7) is 8.31. The summed E-state index contributed by atoms with van der Waals surface area (Å²) in [4.78, 5) is 24.0. The quantitative estimate of drug-likeness (QED) is 0.390. The number of rotatable bonds is 6. The molecule has 36 heavy (non-hydrogen) atoms. The van der Waals surface area contributed by atoms with Crippen molar-refractivity contribution >= 4 is 22.6 Å². The second-order valence-corrected chi connectivity index (χ2v) is 10.6. The minimum absolute atomic E-state index is 0.119. The van der Waals surface area contributed by atoms with Gasteiger partial charge >= 0.3 is 0 Å². The molecule has 2 heterocycles. The van der Waals surface area contributed by atoms with Gasteiger partial charge in [0.25, 0.3) is 5.91 Å². The largest absolute Gasteiger partial charge is 0.365 e. The number of carbonyl (C=O) groups is 1. The number of halogens is 1. The lowest BCUT2D eigenvalue weighted by Crippen LogP contribution is -2.34. The molecule has 1 saturated carbocycles. The van der Waals surface area contributed by atoms with Crippen molar-refractivity contribution in [1.29, 1.82) is 0 Å². The second kappa shape index (κ2) is 9.00. The van der Waals surface area contributed by atoms with Crippen LogP contribution in [0.1, 0.15) is 55.4 Å². The maximum atomic E-state index is 15.0. The summed E-state index contributed by atoms with van der Waals surface area (Å²) in [5, 5.41) is 8.65. The van der Waals surface area contributed by atoms with E-state index in [1.165, 1.54) is 6.07 Å². The van der Waals surface area contributed by atoms with E-state index in [0.29, 0.717) is 11.3 Å². The molecule has 7 nitrogen and oxygen atoms in total. The van der Waals surface area contributed by atoms with Gasteiger partial charge in [-0.05, 0) is 82.0 Å². The Labute approximate surface area is 210 Å². The average molecular weight is 487 g/mol. The Morgan fingerprint density at radius 3 is 2.50 bits per heavy atom. The zero-order chi connectivity index (χ0) is 25.6. The highest BCUT2D eigenvalue weighted by Gasteiger charge is 2.34. The average Bonchev–Trinajstić information content (AvgIpc) is 3.60. The van der Waals surface area contributed by atoms with Crippen LogP contribution in [0.15, 0.2) is 48.8 Å². The molecular formula is C28H31FN6O. The fourth-order valence-electron chi connectivity index (χ4n) is 4.46. The van der Waals surface area contributed by atoms with E-state index in [0.717, 1.165) is 46.4 Å². The Kier molecular flexibility index (Phi) is 5.98. The van der Waals surface area contributed by atoms with Gasteiger partial charge in [-0.15, -0.1) is 0 Å².